The van der Waals surface area contributed by atoms with E-state index >= 15 is 0 Å². The molecule has 1 aliphatic carbocycles. The van der Waals surface area contributed by atoms with E-state index in [1.807, 2.05) is 0 Å². The lowest BCUT2D eigenvalue weighted by atomic mass is 10.0. The summed E-state index contributed by atoms with van der Waals surface area (Å²) >= 11 is 0. The van der Waals surface area contributed by atoms with Gasteiger partial charge in [-0.3, -0.25) is 4.99 Å². The molecule has 1 atom stereocenters. The molecule has 1 aliphatic heterocycles. The molecular weight excluding hydrogens is 401 g/mol. The molecule has 21 heavy (non-hydrogen) atoms. The van der Waals surface area contributed by atoms with Crippen molar-refractivity contribution in [2.45, 2.75) is 50.2 Å². The number of hydrogen-bond donors (Lipinski definition) is 1. The van der Waals surface area contributed by atoms with Gasteiger partial charge in [-0.05, 0) is 31.6 Å². The Morgan fingerprint density at radius 1 is 1.33 bits per heavy atom. The van der Waals surface area contributed by atoms with Crippen LogP contribution in [0.2, 0.25) is 0 Å². The first-order valence-corrected chi connectivity index (χ1v) is 9.48. The molecule has 7 heteroatoms. The van der Waals surface area contributed by atoms with E-state index in [1.165, 1.54) is 12.7 Å². The Kier molecular flexibility index (Phi) is 6.77. The molecule has 5 nitrogen and oxygen atoms in total. The van der Waals surface area contributed by atoms with Crippen LogP contribution in [0, 0.1) is 5.92 Å². The average molecular weight is 429 g/mol. The van der Waals surface area contributed by atoms with Gasteiger partial charge in [-0.2, -0.15) is 0 Å². The third kappa shape index (κ3) is 4.46. The van der Waals surface area contributed by atoms with Gasteiger partial charge in [0.05, 0.1) is 11.3 Å². The van der Waals surface area contributed by atoms with Crippen LogP contribution in [-0.4, -0.2) is 49.9 Å². The molecule has 0 bridgehead atoms. The molecule has 2 N–H and O–H groups in total. The minimum atomic E-state index is -3.08. The molecule has 2 aliphatic rings. The van der Waals surface area contributed by atoms with Crippen LogP contribution in [0.3, 0.4) is 0 Å². The zero-order valence-electron chi connectivity index (χ0n) is 13.0. The van der Waals surface area contributed by atoms with Crippen LogP contribution in [0.5, 0.6) is 0 Å². The van der Waals surface area contributed by atoms with E-state index < -0.39 is 14.6 Å². The molecule has 0 aromatic rings. The molecule has 1 heterocycles. The Balaban J connectivity index is 0.00000220. The first kappa shape index (κ1) is 19.0. The minimum Gasteiger partial charge on any atom is -0.370 e. The van der Waals surface area contributed by atoms with Crippen molar-refractivity contribution in [3.05, 3.63) is 0 Å². The van der Waals surface area contributed by atoms with Gasteiger partial charge >= 0.3 is 0 Å². The van der Waals surface area contributed by atoms with Crippen molar-refractivity contribution in [1.82, 2.24) is 4.90 Å². The zero-order valence-corrected chi connectivity index (χ0v) is 16.2. The molecule has 0 aromatic carbocycles. The second-order valence-electron chi connectivity index (χ2n) is 6.53. The summed E-state index contributed by atoms with van der Waals surface area (Å²) in [6.45, 7) is 4.41. The predicted molar refractivity (Wildman–Crippen MR) is 97.9 cm³/mol. The third-order valence-electron chi connectivity index (χ3n) is 4.81. The van der Waals surface area contributed by atoms with Gasteiger partial charge in [-0.1, -0.05) is 19.8 Å². The molecule has 0 amide bonds. The highest BCUT2D eigenvalue weighted by molar-refractivity contribution is 14.0. The van der Waals surface area contributed by atoms with Crippen LogP contribution in [0.1, 0.15) is 45.4 Å². The highest BCUT2D eigenvalue weighted by Gasteiger charge is 2.43. The number of sulfone groups is 1. The SMILES string of the molecule is CC1CCCN(C(N)=NCC2(S(C)(=O)=O)CCCC2)C1.I. The lowest BCUT2D eigenvalue weighted by Gasteiger charge is -2.32. The number of halogens is 1. The van der Waals surface area contributed by atoms with Gasteiger partial charge in [0.1, 0.15) is 0 Å². The molecule has 1 saturated heterocycles. The van der Waals surface area contributed by atoms with Crippen LogP contribution in [0.25, 0.3) is 0 Å². The van der Waals surface area contributed by atoms with Crippen molar-refractivity contribution in [1.29, 1.82) is 0 Å². The number of guanidine groups is 1. The molecule has 2 rings (SSSR count). The van der Waals surface area contributed by atoms with Crippen LogP contribution >= 0.6 is 24.0 Å². The van der Waals surface area contributed by atoms with Crippen molar-refractivity contribution >= 4 is 39.8 Å². The van der Waals surface area contributed by atoms with E-state index in [0.717, 1.165) is 45.2 Å². The van der Waals surface area contributed by atoms with E-state index in [2.05, 4.69) is 16.8 Å². The zero-order chi connectivity index (χ0) is 14.8. The maximum Gasteiger partial charge on any atom is 0.191 e. The largest absolute Gasteiger partial charge is 0.370 e. The Morgan fingerprint density at radius 2 is 1.95 bits per heavy atom. The Labute approximate surface area is 145 Å². The predicted octanol–water partition coefficient (Wildman–Crippen LogP) is 2.01. The van der Waals surface area contributed by atoms with E-state index in [-0.39, 0.29) is 24.0 Å². The Hall–Kier alpha value is -0.0500. The summed E-state index contributed by atoms with van der Waals surface area (Å²) in [5.41, 5.74) is 6.07. The fourth-order valence-electron chi connectivity index (χ4n) is 3.39. The van der Waals surface area contributed by atoms with Gasteiger partial charge in [0.25, 0.3) is 0 Å². The van der Waals surface area contributed by atoms with Gasteiger partial charge in [-0.25, -0.2) is 8.42 Å². The fraction of sp³-hybridized carbons (Fsp3) is 0.929. The average Bonchev–Trinajstić information content (AvgIpc) is 2.85. The summed E-state index contributed by atoms with van der Waals surface area (Å²) in [6, 6.07) is 0. The molecule has 0 radical (unpaired) electrons. The van der Waals surface area contributed by atoms with E-state index in [0.29, 0.717) is 18.4 Å². The fourth-order valence-corrected chi connectivity index (χ4v) is 4.72. The molecule has 2 fully saturated rings. The lowest BCUT2D eigenvalue weighted by Crippen LogP contribution is -2.45. The van der Waals surface area contributed by atoms with Crippen LogP contribution < -0.4 is 5.73 Å². The van der Waals surface area contributed by atoms with Crippen molar-refractivity contribution in [2.75, 3.05) is 25.9 Å². The number of nitrogens with zero attached hydrogens (tertiary/aromatic N) is 2. The second-order valence-corrected chi connectivity index (χ2v) is 8.94. The van der Waals surface area contributed by atoms with E-state index in [4.69, 9.17) is 5.73 Å². The van der Waals surface area contributed by atoms with E-state index in [1.54, 1.807) is 0 Å². The summed E-state index contributed by atoms with van der Waals surface area (Å²) in [7, 11) is -3.08. The highest BCUT2D eigenvalue weighted by atomic mass is 127. The van der Waals surface area contributed by atoms with Crippen LogP contribution in [0.4, 0.5) is 0 Å². The highest BCUT2D eigenvalue weighted by Crippen LogP contribution is 2.36. The van der Waals surface area contributed by atoms with Gasteiger partial charge in [0.15, 0.2) is 15.8 Å². The van der Waals surface area contributed by atoms with Gasteiger partial charge in [0, 0.05) is 19.3 Å². The molecule has 1 unspecified atom stereocenters. The van der Waals surface area contributed by atoms with Gasteiger partial charge in [0.2, 0.25) is 0 Å². The standard InChI is InChI=1S/C14H27N3O2S.HI/c1-12-6-5-9-17(10-12)13(15)16-11-14(20(2,18)19)7-3-4-8-14;/h12H,3-11H2,1-2H3,(H2,15,16);1H. The summed E-state index contributed by atoms with van der Waals surface area (Å²) in [5.74, 6) is 1.15. The van der Waals surface area contributed by atoms with Crippen molar-refractivity contribution in [2.24, 2.45) is 16.6 Å². The number of piperidine rings is 1. The molecule has 0 aromatic heterocycles. The summed E-state index contributed by atoms with van der Waals surface area (Å²) in [4.78, 5) is 6.54. The van der Waals surface area contributed by atoms with Crippen molar-refractivity contribution in [3.63, 3.8) is 0 Å². The van der Waals surface area contributed by atoms with Crippen molar-refractivity contribution < 1.29 is 8.42 Å². The maximum absolute atomic E-state index is 12.1. The molecule has 1 saturated carbocycles. The van der Waals surface area contributed by atoms with E-state index in [9.17, 15) is 8.42 Å². The minimum absolute atomic E-state index is 0. The molecule has 124 valence electrons. The van der Waals surface area contributed by atoms with Crippen molar-refractivity contribution in [3.8, 4) is 0 Å². The number of hydrogen-bond acceptors (Lipinski definition) is 3. The Morgan fingerprint density at radius 3 is 2.48 bits per heavy atom. The second kappa shape index (κ2) is 7.48. The molecule has 0 spiro atoms. The molecular formula is C14H28IN3O2S. The summed E-state index contributed by atoms with van der Waals surface area (Å²) in [5, 5.41) is 0. The van der Waals surface area contributed by atoms with Crippen LogP contribution in [-0.2, 0) is 9.84 Å². The normalized spacial score (nSPS) is 26.5. The number of nitrogens with two attached hydrogens (primary N) is 1. The van der Waals surface area contributed by atoms with Crippen LogP contribution in [0.15, 0.2) is 4.99 Å². The smallest absolute Gasteiger partial charge is 0.191 e. The lowest BCUT2D eigenvalue weighted by molar-refractivity contribution is 0.270. The number of likely N-dealkylation sites (tertiary alicyclic amines) is 1. The monoisotopic (exact) mass is 429 g/mol. The third-order valence-corrected chi connectivity index (χ3v) is 6.92. The maximum atomic E-state index is 12.1. The first-order chi connectivity index (χ1) is 9.34. The van der Waals surface area contributed by atoms with Gasteiger partial charge in [-0.15, -0.1) is 24.0 Å². The topological polar surface area (TPSA) is 75.8 Å². The quantitative estimate of drug-likeness (QED) is 0.423. The summed E-state index contributed by atoms with van der Waals surface area (Å²) in [6.07, 6.45) is 7.10. The Bertz CT molecular complexity index is 473. The first-order valence-electron chi connectivity index (χ1n) is 7.58. The number of rotatable bonds is 3. The number of aliphatic imine (C=N–C) groups is 1. The summed E-state index contributed by atoms with van der Waals surface area (Å²) < 4.78 is 23.5. The van der Waals surface area contributed by atoms with Gasteiger partial charge < -0.3 is 10.6 Å².